The summed E-state index contributed by atoms with van der Waals surface area (Å²) in [5.41, 5.74) is 2.67. The zero-order valence-corrected chi connectivity index (χ0v) is 21.1. The molecule has 0 aliphatic carbocycles. The highest BCUT2D eigenvalue weighted by Crippen LogP contribution is 2.31. The normalized spacial score (nSPS) is 11.6. The molecule has 0 aliphatic rings. The highest BCUT2D eigenvalue weighted by atomic mass is 32.2. The molecule has 1 heterocycles. The Balaban J connectivity index is 1.86. The van der Waals surface area contributed by atoms with Crippen LogP contribution in [0.1, 0.15) is 38.3 Å². The monoisotopic (exact) mass is 524 g/mol. The van der Waals surface area contributed by atoms with E-state index in [0.717, 1.165) is 0 Å². The zero-order valence-electron chi connectivity index (χ0n) is 20.3. The molecule has 0 aliphatic heterocycles. The van der Waals surface area contributed by atoms with Crippen molar-refractivity contribution in [1.82, 2.24) is 0 Å². The van der Waals surface area contributed by atoms with Crippen molar-refractivity contribution in [1.29, 1.82) is 0 Å². The van der Waals surface area contributed by atoms with Gasteiger partial charge in [0.15, 0.2) is 6.54 Å². The number of pyridine rings is 1. The van der Waals surface area contributed by atoms with Crippen molar-refractivity contribution in [3.8, 4) is 5.75 Å². The maximum absolute atomic E-state index is 13.7. The van der Waals surface area contributed by atoms with Gasteiger partial charge >= 0.3 is 11.9 Å². The number of fused-ring (bicyclic) bond motifs is 2. The summed E-state index contributed by atoms with van der Waals surface area (Å²) in [5, 5.41) is 10.6. The minimum Gasteiger partial charge on any atom is -0.478 e. The molecule has 0 amide bonds. The Morgan fingerprint density at radius 2 is 1.57 bits per heavy atom. The number of carbonyl (C=O) groups is 2. The van der Waals surface area contributed by atoms with Crippen molar-refractivity contribution in [2.24, 2.45) is 0 Å². The number of aromatic carboxylic acids is 1. The van der Waals surface area contributed by atoms with Gasteiger partial charge in [0.2, 0.25) is 11.0 Å². The number of carbonyl (C=O) groups excluding carboxylic acids is 1. The summed E-state index contributed by atoms with van der Waals surface area (Å²) in [7, 11) is -2.65. The van der Waals surface area contributed by atoms with Crippen LogP contribution in [0.4, 0.5) is 0 Å². The number of nitrogens with zero attached hydrogens (tertiary/aromatic N) is 1. The molecule has 0 saturated heterocycles. The van der Waals surface area contributed by atoms with Crippen LogP contribution in [-0.2, 0) is 28.0 Å². The van der Waals surface area contributed by atoms with E-state index < -0.39 is 22.1 Å². The second-order valence-electron chi connectivity index (χ2n) is 8.61. The lowest BCUT2D eigenvalue weighted by atomic mass is 10.0. The van der Waals surface area contributed by atoms with E-state index in [9.17, 15) is 27.7 Å². The van der Waals surface area contributed by atoms with Crippen molar-refractivity contribution in [3.05, 3.63) is 82.9 Å². The number of rotatable bonds is 9. The van der Waals surface area contributed by atoms with Gasteiger partial charge in [-0.1, -0.05) is 24.3 Å². The number of methoxy groups -OCH3 is 1. The minimum absolute atomic E-state index is 0.0502. The van der Waals surface area contributed by atoms with Crippen molar-refractivity contribution in [2.45, 2.75) is 26.5 Å². The fraction of sp³-hybridized carbons (Fsp3) is 0.222. The summed E-state index contributed by atoms with van der Waals surface area (Å²) in [6, 6.07) is 17.3. The second-order valence-corrected chi connectivity index (χ2v) is 10.2. The van der Waals surface area contributed by atoms with Crippen LogP contribution in [-0.4, -0.2) is 42.9 Å². The van der Waals surface area contributed by atoms with Gasteiger partial charge in [0.05, 0.1) is 34.3 Å². The highest BCUT2D eigenvalue weighted by Gasteiger charge is 2.26. The molecule has 0 saturated carbocycles. The molecule has 0 unspecified atom stereocenters. The van der Waals surface area contributed by atoms with Crippen LogP contribution in [0.2, 0.25) is 0 Å². The van der Waals surface area contributed by atoms with Gasteiger partial charge in [0.1, 0.15) is 5.75 Å². The molecule has 0 fully saturated rings. The number of carboxylic acids is 1. The fourth-order valence-corrected chi connectivity index (χ4v) is 5.00. The lowest BCUT2D eigenvalue weighted by Crippen LogP contribution is -2.37. The number of hydrogen-bond donors (Lipinski definition) is 2. The van der Waals surface area contributed by atoms with E-state index in [-0.39, 0.29) is 30.1 Å². The molecule has 0 bridgehead atoms. The first kappa shape index (κ1) is 26.2. The first-order valence-corrected chi connectivity index (χ1v) is 13.1. The molecule has 4 aromatic rings. The number of aryl methyl sites for hydroxylation is 2. The third-order valence-electron chi connectivity index (χ3n) is 6.01. The number of esters is 1. The van der Waals surface area contributed by atoms with Gasteiger partial charge in [0.25, 0.3) is 10.1 Å². The van der Waals surface area contributed by atoms with E-state index in [1.54, 1.807) is 31.2 Å². The molecule has 37 heavy (non-hydrogen) atoms. The van der Waals surface area contributed by atoms with Gasteiger partial charge in [0, 0.05) is 31.2 Å². The molecule has 9 nitrogen and oxygen atoms in total. The Morgan fingerprint density at radius 1 is 0.973 bits per heavy atom. The number of hydrogen-bond acceptors (Lipinski definition) is 6. The molecule has 0 spiro atoms. The third kappa shape index (κ3) is 5.61. The largest absolute Gasteiger partial charge is 0.478 e. The quantitative estimate of drug-likeness (QED) is 0.111. The smallest absolute Gasteiger partial charge is 0.345 e. The number of ether oxygens (including phenoxy) is 2. The van der Waals surface area contributed by atoms with E-state index in [1.807, 2.05) is 28.8 Å². The Labute approximate surface area is 213 Å². The van der Waals surface area contributed by atoms with Crippen LogP contribution < -0.4 is 9.30 Å². The molecule has 10 heteroatoms. The number of para-hydroxylation sites is 2. The summed E-state index contributed by atoms with van der Waals surface area (Å²) in [4.78, 5) is 25.2. The van der Waals surface area contributed by atoms with Crippen molar-refractivity contribution in [2.75, 3.05) is 12.9 Å². The van der Waals surface area contributed by atoms with Gasteiger partial charge in [-0.2, -0.15) is 13.0 Å². The number of aromatic nitrogens is 1. The van der Waals surface area contributed by atoms with Crippen LogP contribution in [0.5, 0.6) is 5.75 Å². The van der Waals surface area contributed by atoms with E-state index in [4.69, 9.17) is 9.47 Å². The molecule has 4 rings (SSSR count). The van der Waals surface area contributed by atoms with Crippen molar-refractivity contribution < 1.29 is 41.7 Å². The molecule has 0 radical (unpaired) electrons. The van der Waals surface area contributed by atoms with Gasteiger partial charge < -0.3 is 14.6 Å². The van der Waals surface area contributed by atoms with Crippen molar-refractivity contribution >= 4 is 43.9 Å². The van der Waals surface area contributed by atoms with Crippen LogP contribution in [0, 0.1) is 6.92 Å². The van der Waals surface area contributed by atoms with E-state index in [0.29, 0.717) is 45.0 Å². The number of carboxylic acid groups (broad SMARTS) is 1. The maximum atomic E-state index is 13.7. The van der Waals surface area contributed by atoms with Gasteiger partial charge in [-0.25, -0.2) is 9.59 Å². The Bertz CT molecular complexity index is 1570. The van der Waals surface area contributed by atoms with Crippen molar-refractivity contribution in [3.63, 3.8) is 0 Å². The molecule has 3 aromatic carbocycles. The summed E-state index contributed by atoms with van der Waals surface area (Å²) < 4.78 is 44.7. The predicted octanol–water partition coefficient (Wildman–Crippen LogP) is 3.93. The summed E-state index contributed by atoms with van der Waals surface area (Å²) in [5.74, 6) is -1.88. The van der Waals surface area contributed by atoms with Crippen LogP contribution in [0.15, 0.2) is 60.7 Å². The molecule has 2 N–H and O–H groups in total. The van der Waals surface area contributed by atoms with E-state index in [2.05, 4.69) is 0 Å². The Kier molecular flexibility index (Phi) is 7.53. The average molecular weight is 525 g/mol. The average Bonchev–Trinajstić information content (AvgIpc) is 2.84. The zero-order chi connectivity index (χ0) is 26.7. The number of benzene rings is 3. The molecule has 0 atom stereocenters. The molecular formula is C27H26NO8S+. The van der Waals surface area contributed by atoms with Crippen LogP contribution >= 0.6 is 0 Å². The molecule has 1 aromatic heterocycles. The third-order valence-corrected chi connectivity index (χ3v) is 6.81. The highest BCUT2D eigenvalue weighted by molar-refractivity contribution is 7.85. The van der Waals surface area contributed by atoms with Crippen LogP contribution in [0.3, 0.4) is 0 Å². The maximum Gasteiger partial charge on any atom is 0.345 e. The SMILES string of the molecule is COCc1cc(C(=O)O)cc(C)c1OC(=O)c1c2ccccc2[n+](CCCS(=O)(=O)O)c2ccccc12. The van der Waals surface area contributed by atoms with Gasteiger partial charge in [-0.3, -0.25) is 4.55 Å². The summed E-state index contributed by atoms with van der Waals surface area (Å²) in [6.07, 6.45) is 0.177. The first-order chi connectivity index (χ1) is 17.6. The fourth-order valence-electron chi connectivity index (χ4n) is 4.50. The minimum atomic E-state index is -4.11. The van der Waals surface area contributed by atoms with E-state index >= 15 is 0 Å². The standard InChI is InChI=1S/C27H25NO8S/c1-17-14-18(26(29)30)15-19(16-35-2)25(17)36-27(31)24-20-8-3-5-10-22(20)28(12-7-13-37(32,33)34)23-11-6-4-9-21(23)24/h3-6,8-11,14-15H,7,12-13,16H2,1-2H3,(H-,29,30,32,33,34)/p+1. The molecular weight excluding hydrogens is 498 g/mol. The summed E-state index contributed by atoms with van der Waals surface area (Å²) >= 11 is 0. The first-order valence-electron chi connectivity index (χ1n) is 11.5. The Morgan fingerprint density at radius 3 is 2.11 bits per heavy atom. The van der Waals surface area contributed by atoms with Gasteiger partial charge in [-0.05, 0) is 36.8 Å². The van der Waals surface area contributed by atoms with Crippen LogP contribution in [0.25, 0.3) is 21.8 Å². The second kappa shape index (κ2) is 10.6. The lowest BCUT2D eigenvalue weighted by molar-refractivity contribution is -0.645. The lowest BCUT2D eigenvalue weighted by Gasteiger charge is -2.15. The van der Waals surface area contributed by atoms with Gasteiger partial charge in [-0.15, -0.1) is 0 Å². The topological polar surface area (TPSA) is 131 Å². The Hall–Kier alpha value is -3.86. The predicted molar refractivity (Wildman–Crippen MR) is 136 cm³/mol. The summed E-state index contributed by atoms with van der Waals surface area (Å²) in [6.45, 7) is 2.01. The molecule has 192 valence electrons. The van der Waals surface area contributed by atoms with E-state index in [1.165, 1.54) is 19.2 Å².